The first kappa shape index (κ1) is 42.4. The van der Waals surface area contributed by atoms with Gasteiger partial charge in [0.25, 0.3) is 0 Å². The van der Waals surface area contributed by atoms with Gasteiger partial charge in [-0.15, -0.1) is 0 Å². The molecule has 0 aromatic carbocycles. The van der Waals surface area contributed by atoms with Gasteiger partial charge in [-0.3, -0.25) is 9.79 Å². The van der Waals surface area contributed by atoms with Crippen LogP contribution in [0.2, 0.25) is 0 Å². The fourth-order valence-corrected chi connectivity index (χ4v) is 3.69. The standard InChI is InChI=1S/C14H18F3NO.C14H23NO3.2C2H6/c1-4-18-9-11-5-6-13(19-10(2)3)12(7-11)8-14(15,16)17;1-4-6-12(7-5-8-13(16)17)14(18-3)11(2)9-10-15;2*1-2/h4-6,9-11H,1,7-8H2,2-3H3;4,6,10-11,15H,5,7-9H2,1-3H3,(H,16,17);2*1-2H3/b;6-4-,14-12-,15-10?;;. The molecule has 2 N–H and O–H groups in total. The lowest BCUT2D eigenvalue weighted by Gasteiger charge is -2.23. The third-order valence-corrected chi connectivity index (χ3v) is 5.14. The van der Waals surface area contributed by atoms with E-state index < -0.39 is 18.6 Å². The minimum absolute atomic E-state index is 0.142. The lowest BCUT2D eigenvalue weighted by molar-refractivity contribution is -0.137. The molecule has 1 aliphatic rings. The number of carboxylic acid groups (broad SMARTS) is 1. The second-order valence-electron chi connectivity index (χ2n) is 8.82. The first-order valence-corrected chi connectivity index (χ1v) is 14.3. The van der Waals surface area contributed by atoms with Gasteiger partial charge >= 0.3 is 12.1 Å². The fraction of sp³-hybridized carbons (Fsp3) is 0.594. The van der Waals surface area contributed by atoms with Crippen LogP contribution >= 0.6 is 0 Å². The van der Waals surface area contributed by atoms with Gasteiger partial charge in [0, 0.05) is 30.7 Å². The Balaban J connectivity index is -0.000000629. The molecule has 0 amide bonds. The van der Waals surface area contributed by atoms with Crippen molar-refractivity contribution in [2.45, 2.75) is 106 Å². The molecule has 0 saturated heterocycles. The maximum Gasteiger partial charge on any atom is 0.392 e. The highest BCUT2D eigenvalue weighted by molar-refractivity contribution is 5.66. The number of alkyl halides is 3. The second-order valence-corrected chi connectivity index (χ2v) is 8.82. The highest BCUT2D eigenvalue weighted by Gasteiger charge is 2.32. The molecule has 0 aromatic heterocycles. The number of nitrogens with one attached hydrogen (secondary N) is 1. The summed E-state index contributed by atoms with van der Waals surface area (Å²) in [6, 6.07) is 0. The Hall–Kier alpha value is -3.10. The van der Waals surface area contributed by atoms with Gasteiger partial charge in [-0.25, -0.2) is 0 Å². The molecule has 41 heavy (non-hydrogen) atoms. The van der Waals surface area contributed by atoms with E-state index in [1.54, 1.807) is 39.3 Å². The molecule has 0 radical (unpaired) electrons. The van der Waals surface area contributed by atoms with Gasteiger partial charge in [0.2, 0.25) is 0 Å². The molecule has 1 rings (SSSR count). The minimum Gasteiger partial charge on any atom is -0.501 e. The van der Waals surface area contributed by atoms with E-state index in [9.17, 15) is 18.0 Å². The van der Waals surface area contributed by atoms with E-state index >= 15 is 0 Å². The molecule has 0 saturated carbocycles. The Kier molecular flexibility index (Phi) is 26.7. The Bertz CT molecular complexity index is 886. The largest absolute Gasteiger partial charge is 0.501 e. The van der Waals surface area contributed by atoms with Crippen LogP contribution in [0.25, 0.3) is 0 Å². The molecule has 6 nitrogen and oxygen atoms in total. The lowest BCUT2D eigenvalue weighted by atomic mass is 9.92. The van der Waals surface area contributed by atoms with E-state index in [1.807, 2.05) is 53.7 Å². The number of allylic oxidation sites excluding steroid dienone is 7. The summed E-state index contributed by atoms with van der Waals surface area (Å²) in [4.78, 5) is 14.4. The average molecular weight is 587 g/mol. The smallest absolute Gasteiger partial charge is 0.392 e. The molecule has 0 bridgehead atoms. The molecule has 2 atom stereocenters. The zero-order valence-electron chi connectivity index (χ0n) is 26.5. The quantitative estimate of drug-likeness (QED) is 0.120. The number of halogens is 3. The lowest BCUT2D eigenvalue weighted by Crippen LogP contribution is -2.17. The van der Waals surface area contributed by atoms with E-state index in [1.165, 1.54) is 12.4 Å². The van der Waals surface area contributed by atoms with Crippen LogP contribution in [0.5, 0.6) is 0 Å². The number of carboxylic acids is 1. The van der Waals surface area contributed by atoms with Crippen molar-refractivity contribution in [2.75, 3.05) is 7.11 Å². The Morgan fingerprint density at radius 1 is 1.22 bits per heavy atom. The molecular weight excluding hydrogens is 533 g/mol. The number of ether oxygens (including phenoxy) is 2. The van der Waals surface area contributed by atoms with E-state index in [-0.39, 0.29) is 36.4 Å². The van der Waals surface area contributed by atoms with Crippen molar-refractivity contribution in [3.63, 3.8) is 0 Å². The van der Waals surface area contributed by atoms with Gasteiger partial charge in [0.1, 0.15) is 11.5 Å². The van der Waals surface area contributed by atoms with Crippen molar-refractivity contribution in [3.05, 3.63) is 59.7 Å². The van der Waals surface area contributed by atoms with E-state index in [4.69, 9.17) is 20.0 Å². The minimum atomic E-state index is -4.23. The highest BCUT2D eigenvalue weighted by Crippen LogP contribution is 2.34. The van der Waals surface area contributed by atoms with Gasteiger partial charge in [-0.2, -0.15) is 13.2 Å². The average Bonchev–Trinajstić information content (AvgIpc) is 2.91. The maximum absolute atomic E-state index is 12.6. The number of methoxy groups -OCH3 is 1. The van der Waals surface area contributed by atoms with E-state index in [2.05, 4.69) is 11.6 Å². The van der Waals surface area contributed by atoms with Gasteiger partial charge in [-0.1, -0.05) is 59.4 Å². The summed E-state index contributed by atoms with van der Waals surface area (Å²) in [5.41, 5.74) is 1.29. The molecule has 0 heterocycles. The Morgan fingerprint density at radius 2 is 1.83 bits per heavy atom. The first-order chi connectivity index (χ1) is 19.4. The van der Waals surface area contributed by atoms with Gasteiger partial charge < -0.3 is 20.0 Å². The van der Waals surface area contributed by atoms with Crippen molar-refractivity contribution < 1.29 is 32.5 Å². The predicted octanol–water partition coefficient (Wildman–Crippen LogP) is 9.85. The molecule has 1 aliphatic carbocycles. The van der Waals surface area contributed by atoms with Crippen LogP contribution < -0.4 is 0 Å². The van der Waals surface area contributed by atoms with Crippen LogP contribution in [0, 0.1) is 17.2 Å². The molecular formula is C32H53F3N2O4. The fourth-order valence-electron chi connectivity index (χ4n) is 3.69. The van der Waals surface area contributed by atoms with Gasteiger partial charge in [-0.05, 0) is 69.9 Å². The van der Waals surface area contributed by atoms with Crippen LogP contribution in [-0.4, -0.2) is 42.9 Å². The van der Waals surface area contributed by atoms with E-state index in [0.29, 0.717) is 25.0 Å². The number of aliphatic carboxylic acids is 1. The summed E-state index contributed by atoms with van der Waals surface area (Å²) in [5.74, 6) is 0.400. The predicted molar refractivity (Wildman–Crippen MR) is 165 cm³/mol. The Labute approximate surface area is 246 Å². The zero-order chi connectivity index (χ0) is 32.4. The molecule has 236 valence electrons. The monoisotopic (exact) mass is 586 g/mol. The SMILES string of the molecule is C/C=C\C(CCCC(=O)O)=C(\OC)C(C)CC=N.C=CN=CC1C=CC(OC(C)C)=C(CC(F)(F)F)C1.CC.CC. The number of hydrogen-bond donors (Lipinski definition) is 2. The molecule has 0 aromatic rings. The molecule has 0 fully saturated rings. The molecule has 2 unspecified atom stereocenters. The first-order valence-electron chi connectivity index (χ1n) is 14.3. The van der Waals surface area contributed by atoms with Gasteiger partial charge in [0.05, 0.1) is 19.6 Å². The molecule has 9 heteroatoms. The Morgan fingerprint density at radius 3 is 2.27 bits per heavy atom. The second kappa shape index (κ2) is 25.8. The number of nitrogens with zero attached hydrogens (tertiary/aromatic N) is 1. The van der Waals surface area contributed by atoms with Gasteiger partial charge in [0.15, 0.2) is 0 Å². The topological polar surface area (TPSA) is 92.0 Å². The summed E-state index contributed by atoms with van der Waals surface area (Å²) in [6.45, 7) is 18.9. The number of aliphatic imine (C=N–C) groups is 1. The van der Waals surface area contributed by atoms with Crippen molar-refractivity contribution >= 4 is 18.4 Å². The van der Waals surface area contributed by atoms with Crippen LogP contribution in [0.15, 0.2) is 64.7 Å². The van der Waals surface area contributed by atoms with Crippen molar-refractivity contribution in [1.82, 2.24) is 0 Å². The normalized spacial score (nSPS) is 16.0. The summed E-state index contributed by atoms with van der Waals surface area (Å²) in [5, 5.41) is 15.8. The third-order valence-electron chi connectivity index (χ3n) is 5.14. The van der Waals surface area contributed by atoms with Crippen molar-refractivity contribution in [3.8, 4) is 0 Å². The van der Waals surface area contributed by atoms with Crippen molar-refractivity contribution in [1.29, 1.82) is 5.41 Å². The summed E-state index contributed by atoms with van der Waals surface area (Å²) in [6.07, 6.45) is 8.62. The number of rotatable bonds is 14. The van der Waals surface area contributed by atoms with Crippen LogP contribution in [0.1, 0.15) is 93.9 Å². The number of carbonyl (C=O) groups is 1. The van der Waals surface area contributed by atoms with Crippen LogP contribution in [0.3, 0.4) is 0 Å². The maximum atomic E-state index is 12.6. The van der Waals surface area contributed by atoms with Crippen LogP contribution in [-0.2, 0) is 14.3 Å². The molecule has 0 spiro atoms. The zero-order valence-corrected chi connectivity index (χ0v) is 26.5. The molecule has 0 aliphatic heterocycles. The van der Waals surface area contributed by atoms with E-state index in [0.717, 1.165) is 11.3 Å². The summed E-state index contributed by atoms with van der Waals surface area (Å²) < 4.78 is 48.5. The van der Waals surface area contributed by atoms with Crippen LogP contribution in [0.4, 0.5) is 13.2 Å². The number of hydrogen-bond acceptors (Lipinski definition) is 5. The third kappa shape index (κ3) is 22.3. The summed E-state index contributed by atoms with van der Waals surface area (Å²) >= 11 is 0. The summed E-state index contributed by atoms with van der Waals surface area (Å²) in [7, 11) is 1.62. The highest BCUT2D eigenvalue weighted by atomic mass is 19.4. The van der Waals surface area contributed by atoms with Crippen molar-refractivity contribution in [2.24, 2.45) is 16.8 Å².